The number of benzene rings is 2. The average Bonchev–Trinajstić information content (AvgIpc) is 2.66. The van der Waals surface area contributed by atoms with E-state index in [1.165, 1.54) is 34.0 Å². The number of aromatic nitrogens is 2. The molecule has 1 heterocycles. The smallest absolute Gasteiger partial charge is 0.271 e. The van der Waals surface area contributed by atoms with Gasteiger partial charge < -0.3 is 4.90 Å². The SMILES string of the molecule is CN(Cc1ccc(Cl)c(Cl)c1)C(=O)Cn1cnc2cc([N+](=O)[O-])ccc2c1=O. The third kappa shape index (κ3) is 4.13. The van der Waals surface area contributed by atoms with E-state index < -0.39 is 10.5 Å². The molecule has 0 aliphatic rings. The number of nitro groups is 1. The van der Waals surface area contributed by atoms with E-state index in [2.05, 4.69) is 4.98 Å². The van der Waals surface area contributed by atoms with Gasteiger partial charge >= 0.3 is 0 Å². The predicted molar refractivity (Wildman–Crippen MR) is 106 cm³/mol. The number of non-ortho nitro benzene ring substituents is 1. The lowest BCUT2D eigenvalue weighted by Gasteiger charge is -2.18. The second kappa shape index (κ2) is 7.95. The van der Waals surface area contributed by atoms with E-state index >= 15 is 0 Å². The predicted octanol–water partition coefficient (Wildman–Crippen LogP) is 3.27. The first-order chi connectivity index (χ1) is 13.3. The van der Waals surface area contributed by atoms with Gasteiger partial charge in [-0.05, 0) is 23.8 Å². The highest BCUT2D eigenvalue weighted by atomic mass is 35.5. The molecule has 0 radical (unpaired) electrons. The van der Waals surface area contributed by atoms with E-state index in [1.54, 1.807) is 25.2 Å². The standard InChI is InChI=1S/C18H14Cl2N4O4/c1-22(8-11-2-5-14(19)15(20)6-11)17(25)9-23-10-21-16-7-12(24(27)28)3-4-13(16)18(23)26/h2-7,10H,8-9H2,1H3. The minimum Gasteiger partial charge on any atom is -0.340 e. The molecule has 0 bridgehead atoms. The van der Waals surface area contributed by atoms with Gasteiger partial charge in [0.2, 0.25) is 5.91 Å². The summed E-state index contributed by atoms with van der Waals surface area (Å²) in [6, 6.07) is 8.87. The summed E-state index contributed by atoms with van der Waals surface area (Å²) in [6.45, 7) is 0.0776. The summed E-state index contributed by atoms with van der Waals surface area (Å²) in [5, 5.41) is 11.9. The highest BCUT2D eigenvalue weighted by Crippen LogP contribution is 2.23. The van der Waals surface area contributed by atoms with Crippen LogP contribution in [0.4, 0.5) is 5.69 Å². The van der Waals surface area contributed by atoms with Crippen LogP contribution in [-0.2, 0) is 17.9 Å². The van der Waals surface area contributed by atoms with Crippen LogP contribution in [0.3, 0.4) is 0 Å². The number of carbonyl (C=O) groups excluding carboxylic acids is 1. The molecular weight excluding hydrogens is 407 g/mol. The number of halogens is 2. The van der Waals surface area contributed by atoms with Crippen molar-refractivity contribution in [2.24, 2.45) is 0 Å². The number of amides is 1. The zero-order valence-corrected chi connectivity index (χ0v) is 16.1. The Morgan fingerprint density at radius 1 is 1.21 bits per heavy atom. The van der Waals surface area contributed by atoms with Crippen molar-refractivity contribution in [2.75, 3.05) is 7.05 Å². The molecule has 2 aromatic carbocycles. The molecule has 0 aliphatic carbocycles. The van der Waals surface area contributed by atoms with Crippen LogP contribution in [0.5, 0.6) is 0 Å². The molecule has 10 heteroatoms. The van der Waals surface area contributed by atoms with E-state index in [1.807, 2.05) is 0 Å². The van der Waals surface area contributed by atoms with Crippen LogP contribution < -0.4 is 5.56 Å². The van der Waals surface area contributed by atoms with E-state index in [0.29, 0.717) is 10.0 Å². The Hall–Kier alpha value is -2.97. The molecule has 0 N–H and O–H groups in total. The van der Waals surface area contributed by atoms with Gasteiger partial charge in [-0.1, -0.05) is 29.3 Å². The van der Waals surface area contributed by atoms with Crippen molar-refractivity contribution in [1.29, 1.82) is 0 Å². The maximum absolute atomic E-state index is 12.6. The molecule has 0 saturated carbocycles. The molecule has 0 saturated heterocycles. The monoisotopic (exact) mass is 420 g/mol. The molecule has 1 amide bonds. The third-order valence-electron chi connectivity index (χ3n) is 4.15. The first kappa shape index (κ1) is 19.8. The zero-order valence-electron chi connectivity index (χ0n) is 14.6. The Morgan fingerprint density at radius 3 is 2.64 bits per heavy atom. The molecule has 8 nitrogen and oxygen atoms in total. The first-order valence-corrected chi connectivity index (χ1v) is 8.83. The summed E-state index contributed by atoms with van der Waals surface area (Å²) < 4.78 is 1.17. The Bertz CT molecular complexity index is 1150. The fourth-order valence-electron chi connectivity index (χ4n) is 2.64. The summed E-state index contributed by atoms with van der Waals surface area (Å²) >= 11 is 11.9. The van der Waals surface area contributed by atoms with Crippen LogP contribution in [0.25, 0.3) is 10.9 Å². The van der Waals surface area contributed by atoms with Gasteiger partial charge in [0.1, 0.15) is 6.54 Å². The summed E-state index contributed by atoms with van der Waals surface area (Å²) in [5.74, 6) is -0.309. The molecule has 0 fully saturated rings. The quantitative estimate of drug-likeness (QED) is 0.465. The van der Waals surface area contributed by atoms with Crippen molar-refractivity contribution in [3.63, 3.8) is 0 Å². The molecule has 0 spiro atoms. The van der Waals surface area contributed by atoms with Crippen LogP contribution in [-0.4, -0.2) is 32.3 Å². The normalized spacial score (nSPS) is 10.8. The second-order valence-electron chi connectivity index (χ2n) is 6.13. The molecule has 1 aromatic heterocycles. The molecule has 0 atom stereocenters. The molecule has 28 heavy (non-hydrogen) atoms. The number of likely N-dealkylation sites (N-methyl/N-ethyl adjacent to an activating group) is 1. The topological polar surface area (TPSA) is 98.3 Å². The highest BCUT2D eigenvalue weighted by molar-refractivity contribution is 6.42. The number of hydrogen-bond donors (Lipinski definition) is 0. The number of nitrogens with zero attached hydrogens (tertiary/aromatic N) is 4. The number of hydrogen-bond acceptors (Lipinski definition) is 5. The molecular formula is C18H14Cl2N4O4. The molecule has 0 unspecified atom stereocenters. The number of carbonyl (C=O) groups is 1. The van der Waals surface area contributed by atoms with Gasteiger partial charge in [0.25, 0.3) is 11.2 Å². The van der Waals surface area contributed by atoms with Gasteiger partial charge in [0.15, 0.2) is 0 Å². The lowest BCUT2D eigenvalue weighted by Crippen LogP contribution is -2.33. The fraction of sp³-hybridized carbons (Fsp3) is 0.167. The Kier molecular flexibility index (Phi) is 5.62. The number of nitro benzene ring substituents is 1. The minimum absolute atomic E-state index is 0.158. The van der Waals surface area contributed by atoms with E-state index in [4.69, 9.17) is 23.2 Å². The van der Waals surface area contributed by atoms with Crippen LogP contribution in [0.15, 0.2) is 47.5 Å². The Morgan fingerprint density at radius 2 is 1.96 bits per heavy atom. The van der Waals surface area contributed by atoms with Crippen LogP contribution in [0.2, 0.25) is 10.0 Å². The van der Waals surface area contributed by atoms with Crippen molar-refractivity contribution in [3.8, 4) is 0 Å². The molecule has 144 valence electrons. The van der Waals surface area contributed by atoms with Gasteiger partial charge in [-0.2, -0.15) is 0 Å². The average molecular weight is 421 g/mol. The van der Waals surface area contributed by atoms with Gasteiger partial charge in [-0.15, -0.1) is 0 Å². The number of fused-ring (bicyclic) bond motifs is 1. The maximum Gasteiger partial charge on any atom is 0.271 e. The lowest BCUT2D eigenvalue weighted by atomic mass is 10.2. The summed E-state index contributed by atoms with van der Waals surface area (Å²) in [7, 11) is 1.60. The Labute approximate surface area is 169 Å². The third-order valence-corrected chi connectivity index (χ3v) is 4.89. The molecule has 0 aliphatic heterocycles. The molecule has 3 rings (SSSR count). The summed E-state index contributed by atoms with van der Waals surface area (Å²) in [6.07, 6.45) is 1.21. The van der Waals surface area contributed by atoms with Crippen molar-refractivity contribution in [3.05, 3.63) is 78.8 Å². The maximum atomic E-state index is 12.6. The fourth-order valence-corrected chi connectivity index (χ4v) is 2.96. The highest BCUT2D eigenvalue weighted by Gasteiger charge is 2.15. The summed E-state index contributed by atoms with van der Waals surface area (Å²) in [5.41, 5.74) is 0.388. The van der Waals surface area contributed by atoms with Gasteiger partial charge in [0.05, 0.1) is 32.2 Å². The molecule has 3 aromatic rings. The largest absolute Gasteiger partial charge is 0.340 e. The van der Waals surface area contributed by atoms with E-state index in [-0.39, 0.29) is 35.6 Å². The van der Waals surface area contributed by atoms with Gasteiger partial charge in [0, 0.05) is 25.7 Å². The van der Waals surface area contributed by atoms with Crippen molar-refractivity contribution in [1.82, 2.24) is 14.5 Å². The van der Waals surface area contributed by atoms with Gasteiger partial charge in [-0.3, -0.25) is 24.3 Å². The lowest BCUT2D eigenvalue weighted by molar-refractivity contribution is -0.384. The van der Waals surface area contributed by atoms with E-state index in [9.17, 15) is 19.7 Å². The van der Waals surface area contributed by atoms with Gasteiger partial charge in [-0.25, -0.2) is 4.98 Å². The van der Waals surface area contributed by atoms with Crippen molar-refractivity contribution < 1.29 is 9.72 Å². The van der Waals surface area contributed by atoms with E-state index in [0.717, 1.165) is 5.56 Å². The van der Waals surface area contributed by atoms with Crippen LogP contribution in [0.1, 0.15) is 5.56 Å². The number of rotatable bonds is 5. The minimum atomic E-state index is -0.561. The Balaban J connectivity index is 1.79. The van der Waals surface area contributed by atoms with Crippen LogP contribution >= 0.6 is 23.2 Å². The summed E-state index contributed by atoms with van der Waals surface area (Å²) in [4.78, 5) is 40.8. The van der Waals surface area contributed by atoms with Crippen LogP contribution in [0, 0.1) is 10.1 Å². The zero-order chi connectivity index (χ0) is 20.4. The second-order valence-corrected chi connectivity index (χ2v) is 6.95. The van der Waals surface area contributed by atoms with Crippen molar-refractivity contribution in [2.45, 2.75) is 13.1 Å². The van der Waals surface area contributed by atoms with Crippen molar-refractivity contribution >= 4 is 45.7 Å². The first-order valence-electron chi connectivity index (χ1n) is 8.08.